The van der Waals surface area contributed by atoms with E-state index in [2.05, 4.69) is 20.9 Å². The minimum atomic E-state index is -0.513. The molecule has 7 heteroatoms. The molecule has 0 N–H and O–H groups in total. The monoisotopic (exact) mass is 426 g/mol. The number of fused-ring (bicyclic) bond motifs is 2. The average molecular weight is 427 g/mol. The molecule has 2 aromatic carbocycles. The molecular weight excluding hydrogens is 412 g/mol. The lowest BCUT2D eigenvalue weighted by atomic mass is 10.1. The second-order valence-corrected chi connectivity index (χ2v) is 7.76. The second kappa shape index (κ2) is 6.42. The van der Waals surface area contributed by atoms with E-state index in [0.717, 1.165) is 4.47 Å². The summed E-state index contributed by atoms with van der Waals surface area (Å²) < 4.78 is 6.10. The Morgan fingerprint density at radius 2 is 1.78 bits per heavy atom. The van der Waals surface area contributed by atoms with Crippen molar-refractivity contribution in [3.63, 3.8) is 0 Å². The fourth-order valence-corrected chi connectivity index (χ4v) is 3.48. The van der Waals surface area contributed by atoms with Crippen LogP contribution in [0.15, 0.2) is 50.1 Å². The molecule has 4 rings (SSSR count). The minimum Gasteiger partial charge on any atom is -0.403 e. The molecule has 2 heterocycles. The number of nitrogens with zero attached hydrogens (tertiary/aromatic N) is 2. The summed E-state index contributed by atoms with van der Waals surface area (Å²) in [5, 5.41) is 0.364. The molecular formula is C20H15BrN2O4. The number of halogens is 1. The average Bonchev–Trinajstić information content (AvgIpc) is 2.86. The van der Waals surface area contributed by atoms with Gasteiger partial charge in [-0.3, -0.25) is 14.5 Å². The van der Waals surface area contributed by atoms with E-state index in [9.17, 15) is 14.4 Å². The quantitative estimate of drug-likeness (QED) is 0.593. The van der Waals surface area contributed by atoms with Crippen LogP contribution in [0.1, 0.15) is 34.6 Å². The van der Waals surface area contributed by atoms with E-state index >= 15 is 0 Å². The third-order valence-electron chi connectivity index (χ3n) is 4.36. The van der Waals surface area contributed by atoms with E-state index in [1.54, 1.807) is 36.4 Å². The maximum atomic E-state index is 12.6. The molecule has 0 unspecified atom stereocenters. The highest BCUT2D eigenvalue weighted by molar-refractivity contribution is 9.10. The van der Waals surface area contributed by atoms with Crippen molar-refractivity contribution in [3.05, 3.63) is 62.4 Å². The van der Waals surface area contributed by atoms with Crippen LogP contribution in [0.25, 0.3) is 22.4 Å². The van der Waals surface area contributed by atoms with Crippen molar-refractivity contribution >= 4 is 38.6 Å². The molecule has 0 spiro atoms. The van der Waals surface area contributed by atoms with Crippen molar-refractivity contribution in [1.82, 2.24) is 9.88 Å². The van der Waals surface area contributed by atoms with Gasteiger partial charge in [-0.05, 0) is 42.3 Å². The summed E-state index contributed by atoms with van der Waals surface area (Å²) in [5.74, 6) is -0.350. The highest BCUT2D eigenvalue weighted by atomic mass is 79.9. The highest BCUT2D eigenvalue weighted by Crippen LogP contribution is 2.29. The molecule has 0 saturated heterocycles. The minimum absolute atomic E-state index is 0.111. The van der Waals surface area contributed by atoms with Crippen LogP contribution in [0.2, 0.25) is 0 Å². The first-order valence-electron chi connectivity index (χ1n) is 8.46. The number of hydrogen-bond acceptors (Lipinski definition) is 5. The van der Waals surface area contributed by atoms with Crippen LogP contribution in [0, 0.1) is 5.92 Å². The summed E-state index contributed by atoms with van der Waals surface area (Å²) in [6.45, 7) is 4.25. The zero-order valence-corrected chi connectivity index (χ0v) is 16.2. The van der Waals surface area contributed by atoms with Crippen molar-refractivity contribution in [3.8, 4) is 11.5 Å². The van der Waals surface area contributed by atoms with Gasteiger partial charge in [-0.15, -0.1) is 0 Å². The van der Waals surface area contributed by atoms with Gasteiger partial charge in [0.25, 0.3) is 11.8 Å². The molecule has 136 valence electrons. The number of amides is 2. The summed E-state index contributed by atoms with van der Waals surface area (Å²) in [6, 6.07) is 9.93. The Labute approximate surface area is 162 Å². The van der Waals surface area contributed by atoms with E-state index in [0.29, 0.717) is 34.1 Å². The number of aromatic nitrogens is 1. The molecule has 1 aromatic heterocycles. The van der Waals surface area contributed by atoms with Gasteiger partial charge in [0.15, 0.2) is 0 Å². The van der Waals surface area contributed by atoms with Crippen LogP contribution in [0.3, 0.4) is 0 Å². The summed E-state index contributed by atoms with van der Waals surface area (Å²) >= 11 is 3.32. The lowest BCUT2D eigenvalue weighted by Gasteiger charge is -2.15. The van der Waals surface area contributed by atoms with E-state index in [4.69, 9.17) is 4.42 Å². The van der Waals surface area contributed by atoms with Crippen molar-refractivity contribution in [2.24, 2.45) is 5.92 Å². The van der Waals surface area contributed by atoms with Crippen LogP contribution in [-0.2, 0) is 0 Å². The summed E-state index contributed by atoms with van der Waals surface area (Å²) in [4.78, 5) is 43.0. The zero-order chi connectivity index (χ0) is 19.3. The van der Waals surface area contributed by atoms with Crippen LogP contribution in [0.5, 0.6) is 0 Å². The molecule has 0 fully saturated rings. The maximum absolute atomic E-state index is 12.6. The normalized spacial score (nSPS) is 13.7. The Bertz CT molecular complexity index is 1170. The van der Waals surface area contributed by atoms with Crippen LogP contribution < -0.4 is 5.63 Å². The van der Waals surface area contributed by atoms with Crippen LogP contribution in [0.4, 0.5) is 0 Å². The van der Waals surface area contributed by atoms with Crippen molar-refractivity contribution in [2.75, 3.05) is 6.54 Å². The lowest BCUT2D eigenvalue weighted by molar-refractivity contribution is 0.0636. The third kappa shape index (κ3) is 2.98. The van der Waals surface area contributed by atoms with Gasteiger partial charge in [0.2, 0.25) is 5.89 Å². The van der Waals surface area contributed by atoms with Crippen molar-refractivity contribution < 1.29 is 14.0 Å². The standard InChI is InChI=1S/C20H15BrN2O4/c1-10(2)9-23-18(24)13-5-3-11(7-14(13)19(23)25)17-22-16-6-4-12(21)8-15(16)20(26)27-17/h3-8,10H,9H2,1-2H3. The molecule has 6 nitrogen and oxygen atoms in total. The molecule has 27 heavy (non-hydrogen) atoms. The van der Waals surface area contributed by atoms with Gasteiger partial charge in [-0.25, -0.2) is 9.78 Å². The third-order valence-corrected chi connectivity index (χ3v) is 4.85. The van der Waals surface area contributed by atoms with E-state index in [-0.39, 0.29) is 23.6 Å². The number of hydrogen-bond donors (Lipinski definition) is 0. The van der Waals surface area contributed by atoms with E-state index in [1.165, 1.54) is 4.90 Å². The number of carbonyl (C=O) groups is 2. The van der Waals surface area contributed by atoms with E-state index in [1.807, 2.05) is 13.8 Å². The molecule has 0 radical (unpaired) electrons. The fourth-order valence-electron chi connectivity index (χ4n) is 3.12. The van der Waals surface area contributed by atoms with Gasteiger partial charge < -0.3 is 4.42 Å². The Morgan fingerprint density at radius 3 is 2.52 bits per heavy atom. The van der Waals surface area contributed by atoms with Gasteiger partial charge in [0.1, 0.15) is 0 Å². The number of rotatable bonds is 3. The van der Waals surface area contributed by atoms with Gasteiger partial charge in [-0.1, -0.05) is 29.8 Å². The zero-order valence-electron chi connectivity index (χ0n) is 14.7. The Balaban J connectivity index is 1.80. The Hall–Kier alpha value is -2.80. The number of benzene rings is 2. The lowest BCUT2D eigenvalue weighted by Crippen LogP contribution is -2.33. The molecule has 0 atom stereocenters. The highest BCUT2D eigenvalue weighted by Gasteiger charge is 2.36. The first-order chi connectivity index (χ1) is 12.8. The smallest absolute Gasteiger partial charge is 0.347 e. The summed E-state index contributed by atoms with van der Waals surface area (Å²) in [7, 11) is 0. The summed E-state index contributed by atoms with van der Waals surface area (Å²) in [6.07, 6.45) is 0. The molecule has 1 aliphatic heterocycles. The molecule has 0 bridgehead atoms. The summed E-state index contributed by atoms with van der Waals surface area (Å²) in [5.41, 5.74) is 1.12. The number of carbonyl (C=O) groups excluding carboxylic acids is 2. The topological polar surface area (TPSA) is 80.5 Å². The maximum Gasteiger partial charge on any atom is 0.347 e. The Kier molecular flexibility index (Phi) is 4.19. The SMILES string of the molecule is CC(C)CN1C(=O)c2ccc(-c3nc4ccc(Br)cc4c(=O)o3)cc2C1=O. The fraction of sp³-hybridized carbons (Fsp3) is 0.200. The molecule has 1 aliphatic rings. The van der Waals surface area contributed by atoms with Crippen molar-refractivity contribution in [1.29, 1.82) is 0 Å². The first kappa shape index (κ1) is 17.6. The first-order valence-corrected chi connectivity index (χ1v) is 9.25. The van der Waals surface area contributed by atoms with Crippen LogP contribution >= 0.6 is 15.9 Å². The second-order valence-electron chi connectivity index (χ2n) is 6.84. The number of imide groups is 1. The van der Waals surface area contributed by atoms with Gasteiger partial charge >= 0.3 is 5.63 Å². The molecule has 0 saturated carbocycles. The van der Waals surface area contributed by atoms with Gasteiger partial charge in [0, 0.05) is 16.6 Å². The van der Waals surface area contributed by atoms with Crippen molar-refractivity contribution in [2.45, 2.75) is 13.8 Å². The predicted molar refractivity (Wildman–Crippen MR) is 104 cm³/mol. The molecule has 3 aromatic rings. The van der Waals surface area contributed by atoms with Gasteiger partial charge in [0.05, 0.1) is 22.0 Å². The molecule has 0 aliphatic carbocycles. The van der Waals surface area contributed by atoms with E-state index < -0.39 is 5.63 Å². The molecule has 2 amide bonds. The predicted octanol–water partition coefficient (Wildman–Crippen LogP) is 3.87. The van der Waals surface area contributed by atoms with Crippen LogP contribution in [-0.4, -0.2) is 28.2 Å². The largest absolute Gasteiger partial charge is 0.403 e. The Morgan fingerprint density at radius 1 is 1.04 bits per heavy atom. The van der Waals surface area contributed by atoms with Gasteiger partial charge in [-0.2, -0.15) is 0 Å².